The zero-order valence-electron chi connectivity index (χ0n) is 14.2. The molecule has 4 rings (SSSR count). The summed E-state index contributed by atoms with van der Waals surface area (Å²) in [5, 5.41) is 0. The molecular weight excluding hydrogens is 318 g/mol. The lowest BCUT2D eigenvalue weighted by Gasteiger charge is -2.20. The molecule has 6 heteroatoms. The summed E-state index contributed by atoms with van der Waals surface area (Å²) >= 11 is 0. The first-order valence-electron chi connectivity index (χ1n) is 8.56. The fraction of sp³-hybridized carbons (Fsp3) is 0.368. The minimum atomic E-state index is -0.0684. The number of hydrogen-bond acceptors (Lipinski definition) is 5. The van der Waals surface area contributed by atoms with E-state index in [2.05, 4.69) is 4.98 Å². The van der Waals surface area contributed by atoms with Gasteiger partial charge in [0, 0.05) is 23.5 Å². The third-order valence-electron chi connectivity index (χ3n) is 4.87. The van der Waals surface area contributed by atoms with Gasteiger partial charge in [0.15, 0.2) is 11.5 Å². The number of nitrogens with zero attached hydrogens (tertiary/aromatic N) is 2. The molecule has 130 valence electrons. The summed E-state index contributed by atoms with van der Waals surface area (Å²) in [5.74, 6) is 1.66. The van der Waals surface area contributed by atoms with Crippen LogP contribution in [0.2, 0.25) is 0 Å². The lowest BCUT2D eigenvalue weighted by molar-refractivity contribution is 0.0996. The van der Waals surface area contributed by atoms with Crippen LogP contribution >= 0.6 is 0 Å². The number of amides is 1. The van der Waals surface area contributed by atoms with Crippen LogP contribution in [-0.4, -0.2) is 24.1 Å². The van der Waals surface area contributed by atoms with E-state index in [4.69, 9.17) is 15.2 Å². The smallest absolute Gasteiger partial charge is 0.259 e. The van der Waals surface area contributed by atoms with Crippen molar-refractivity contribution in [3.8, 4) is 11.5 Å². The average molecular weight is 339 g/mol. The topological polar surface area (TPSA) is 77.7 Å². The summed E-state index contributed by atoms with van der Waals surface area (Å²) in [4.78, 5) is 18.5. The van der Waals surface area contributed by atoms with Crippen LogP contribution in [0.3, 0.4) is 0 Å². The van der Waals surface area contributed by atoms with Gasteiger partial charge in [-0.2, -0.15) is 0 Å². The maximum absolute atomic E-state index is 12.7. The van der Waals surface area contributed by atoms with E-state index in [-0.39, 0.29) is 12.0 Å². The SMILES string of the molecule is COc1ccc(N2Cc3cnc(N)cc3C2=O)cc1OC1CCCC1. The van der Waals surface area contributed by atoms with E-state index in [1.165, 1.54) is 12.8 Å². The quantitative estimate of drug-likeness (QED) is 0.926. The summed E-state index contributed by atoms with van der Waals surface area (Å²) in [6.07, 6.45) is 6.41. The molecule has 0 atom stereocenters. The van der Waals surface area contributed by atoms with Crippen molar-refractivity contribution < 1.29 is 14.3 Å². The molecule has 1 aliphatic heterocycles. The van der Waals surface area contributed by atoms with Gasteiger partial charge in [0.25, 0.3) is 5.91 Å². The Morgan fingerprint density at radius 3 is 2.76 bits per heavy atom. The molecule has 2 heterocycles. The van der Waals surface area contributed by atoms with E-state index >= 15 is 0 Å². The summed E-state index contributed by atoms with van der Waals surface area (Å²) in [6.45, 7) is 0.483. The van der Waals surface area contributed by atoms with E-state index in [0.29, 0.717) is 29.4 Å². The van der Waals surface area contributed by atoms with Crippen molar-refractivity contribution in [3.05, 3.63) is 41.6 Å². The number of rotatable bonds is 4. The molecule has 1 saturated carbocycles. The number of anilines is 2. The summed E-state index contributed by atoms with van der Waals surface area (Å²) in [6, 6.07) is 7.25. The average Bonchev–Trinajstić information content (AvgIpc) is 3.23. The molecule has 1 aliphatic carbocycles. The Labute approximate surface area is 146 Å². The van der Waals surface area contributed by atoms with Crippen LogP contribution in [0.4, 0.5) is 11.5 Å². The molecule has 25 heavy (non-hydrogen) atoms. The lowest BCUT2D eigenvalue weighted by Crippen LogP contribution is -2.23. The van der Waals surface area contributed by atoms with E-state index in [1.54, 1.807) is 24.3 Å². The van der Waals surface area contributed by atoms with Gasteiger partial charge in [-0.1, -0.05) is 0 Å². The number of benzene rings is 1. The Hall–Kier alpha value is -2.76. The predicted molar refractivity (Wildman–Crippen MR) is 95.0 cm³/mol. The van der Waals surface area contributed by atoms with Crippen LogP contribution in [0.15, 0.2) is 30.5 Å². The largest absolute Gasteiger partial charge is 0.493 e. The Morgan fingerprint density at radius 1 is 1.20 bits per heavy atom. The molecule has 0 radical (unpaired) electrons. The van der Waals surface area contributed by atoms with Gasteiger partial charge < -0.3 is 20.1 Å². The first-order chi connectivity index (χ1) is 12.2. The van der Waals surface area contributed by atoms with Crippen molar-refractivity contribution >= 4 is 17.4 Å². The first-order valence-corrected chi connectivity index (χ1v) is 8.56. The predicted octanol–water partition coefficient (Wildman–Crippen LogP) is 3.15. The van der Waals surface area contributed by atoms with Gasteiger partial charge in [0.1, 0.15) is 5.82 Å². The number of methoxy groups -OCH3 is 1. The van der Waals surface area contributed by atoms with Gasteiger partial charge in [-0.05, 0) is 43.9 Å². The van der Waals surface area contributed by atoms with Crippen LogP contribution < -0.4 is 20.1 Å². The number of carbonyl (C=O) groups is 1. The fourth-order valence-corrected chi connectivity index (χ4v) is 3.53. The van der Waals surface area contributed by atoms with Gasteiger partial charge >= 0.3 is 0 Å². The van der Waals surface area contributed by atoms with Gasteiger partial charge in [0.05, 0.1) is 25.3 Å². The molecule has 0 spiro atoms. The van der Waals surface area contributed by atoms with Crippen molar-refractivity contribution in [2.45, 2.75) is 38.3 Å². The highest BCUT2D eigenvalue weighted by atomic mass is 16.5. The highest BCUT2D eigenvalue weighted by molar-refractivity contribution is 6.10. The maximum atomic E-state index is 12.7. The Bertz CT molecular complexity index is 816. The number of ether oxygens (including phenoxy) is 2. The van der Waals surface area contributed by atoms with Gasteiger partial charge in [0.2, 0.25) is 0 Å². The van der Waals surface area contributed by atoms with Crippen LogP contribution in [-0.2, 0) is 6.54 Å². The molecule has 6 nitrogen and oxygen atoms in total. The second-order valence-corrected chi connectivity index (χ2v) is 6.52. The Balaban J connectivity index is 1.63. The first kappa shape index (κ1) is 15.7. The van der Waals surface area contributed by atoms with Crippen LogP contribution in [0, 0.1) is 0 Å². The molecule has 1 amide bonds. The molecule has 1 fully saturated rings. The molecule has 2 aromatic rings. The lowest BCUT2D eigenvalue weighted by atomic mass is 10.2. The van der Waals surface area contributed by atoms with Crippen LogP contribution in [0.1, 0.15) is 41.6 Å². The number of carbonyl (C=O) groups excluding carboxylic acids is 1. The molecule has 1 aromatic heterocycles. The van der Waals surface area contributed by atoms with Crippen molar-refractivity contribution in [1.29, 1.82) is 0 Å². The van der Waals surface area contributed by atoms with Crippen LogP contribution in [0.5, 0.6) is 11.5 Å². The van der Waals surface area contributed by atoms with E-state index < -0.39 is 0 Å². The zero-order chi connectivity index (χ0) is 17.4. The summed E-state index contributed by atoms with van der Waals surface area (Å²) in [5.41, 5.74) is 7.99. The molecule has 0 unspecified atom stereocenters. The summed E-state index contributed by atoms with van der Waals surface area (Å²) < 4.78 is 11.6. The van der Waals surface area contributed by atoms with Crippen molar-refractivity contribution in [1.82, 2.24) is 4.98 Å². The van der Waals surface area contributed by atoms with Gasteiger partial charge in [-0.15, -0.1) is 0 Å². The zero-order valence-corrected chi connectivity index (χ0v) is 14.2. The van der Waals surface area contributed by atoms with Gasteiger partial charge in [-0.3, -0.25) is 4.79 Å². The highest BCUT2D eigenvalue weighted by Crippen LogP contribution is 2.37. The number of hydrogen-bond donors (Lipinski definition) is 1. The second kappa shape index (κ2) is 6.27. The third kappa shape index (κ3) is 2.88. The Kier molecular flexibility index (Phi) is 3.95. The number of pyridine rings is 1. The molecule has 0 saturated heterocycles. The second-order valence-electron chi connectivity index (χ2n) is 6.52. The maximum Gasteiger partial charge on any atom is 0.259 e. The molecule has 0 bridgehead atoms. The normalized spacial score (nSPS) is 17.0. The van der Waals surface area contributed by atoms with E-state index in [0.717, 1.165) is 24.1 Å². The number of nitrogens with two attached hydrogens (primary N) is 1. The highest BCUT2D eigenvalue weighted by Gasteiger charge is 2.30. The van der Waals surface area contributed by atoms with E-state index in [1.807, 2.05) is 18.2 Å². The Morgan fingerprint density at radius 2 is 2.00 bits per heavy atom. The van der Waals surface area contributed by atoms with E-state index in [9.17, 15) is 4.79 Å². The van der Waals surface area contributed by atoms with Crippen LogP contribution in [0.25, 0.3) is 0 Å². The number of nitrogen functional groups attached to an aromatic ring is 1. The van der Waals surface area contributed by atoms with Crippen molar-refractivity contribution in [3.63, 3.8) is 0 Å². The minimum Gasteiger partial charge on any atom is -0.493 e. The molecule has 1 aromatic carbocycles. The number of fused-ring (bicyclic) bond motifs is 1. The summed E-state index contributed by atoms with van der Waals surface area (Å²) in [7, 11) is 1.63. The van der Waals surface area contributed by atoms with Gasteiger partial charge in [-0.25, -0.2) is 4.98 Å². The minimum absolute atomic E-state index is 0.0684. The van der Waals surface area contributed by atoms with Crippen molar-refractivity contribution in [2.75, 3.05) is 17.7 Å². The standard InChI is InChI=1S/C19H21N3O3/c1-24-16-7-6-13(8-17(16)25-14-4-2-3-5-14)22-11-12-10-21-18(20)9-15(12)19(22)23/h6-10,14H,2-5,11H2,1H3,(H2,20,21). The molecule has 2 N–H and O–H groups in total. The monoisotopic (exact) mass is 339 g/mol. The fourth-order valence-electron chi connectivity index (χ4n) is 3.53. The third-order valence-corrected chi connectivity index (χ3v) is 4.87. The number of aromatic nitrogens is 1. The molecule has 2 aliphatic rings. The molecular formula is C19H21N3O3. The van der Waals surface area contributed by atoms with Crippen molar-refractivity contribution in [2.24, 2.45) is 0 Å².